The number of carbonyl (C=O) groups is 3. The molecule has 2 atom stereocenters. The Morgan fingerprint density at radius 3 is 2.94 bits per heavy atom. The van der Waals surface area contributed by atoms with Crippen LogP contribution in [0.15, 0.2) is 50.2 Å². The van der Waals surface area contributed by atoms with Crippen LogP contribution in [-0.4, -0.2) is 62.8 Å². The first-order valence-electron chi connectivity index (χ1n) is 10.1. The Kier molecular flexibility index (Phi) is 5.86. The van der Waals surface area contributed by atoms with E-state index in [1.807, 2.05) is 33.8 Å². The van der Waals surface area contributed by atoms with Crippen molar-refractivity contribution in [2.24, 2.45) is 5.16 Å². The average Bonchev–Trinajstić information content (AvgIpc) is 3.48. The van der Waals surface area contributed by atoms with Crippen molar-refractivity contribution in [1.29, 1.82) is 0 Å². The lowest BCUT2D eigenvalue weighted by Crippen LogP contribution is -2.71. The van der Waals surface area contributed by atoms with Gasteiger partial charge in [0, 0.05) is 28.2 Å². The van der Waals surface area contributed by atoms with Gasteiger partial charge in [-0.25, -0.2) is 4.57 Å². The molecule has 35 heavy (non-hydrogen) atoms. The summed E-state index contributed by atoms with van der Waals surface area (Å²) >= 11 is 2.91. The SMILES string of the molecule is CO/N=C(/C(=O)NC1C(=O)N2C(C(=O)[O-])=C(C[n+]3ccc4cscc4c3)CSC12)c1noc(N)n1. The van der Waals surface area contributed by atoms with E-state index in [4.69, 9.17) is 5.73 Å². The molecule has 13 nitrogen and oxygen atoms in total. The van der Waals surface area contributed by atoms with Crippen LogP contribution < -0.4 is 20.7 Å². The molecule has 0 bridgehead atoms. The average molecular weight is 516 g/mol. The number of hydrogen-bond donors (Lipinski definition) is 2. The van der Waals surface area contributed by atoms with Crippen molar-refractivity contribution >= 4 is 63.4 Å². The molecule has 0 aromatic carbocycles. The lowest BCUT2D eigenvalue weighted by molar-refractivity contribution is -0.687. The highest BCUT2D eigenvalue weighted by Crippen LogP contribution is 2.40. The number of carbonyl (C=O) groups excluding carboxylic acids is 3. The number of anilines is 1. The predicted molar refractivity (Wildman–Crippen MR) is 121 cm³/mol. The number of nitrogens with one attached hydrogen (secondary N) is 1. The van der Waals surface area contributed by atoms with E-state index in [2.05, 4.69) is 30.0 Å². The predicted octanol–water partition coefficient (Wildman–Crippen LogP) is -1.39. The van der Waals surface area contributed by atoms with E-state index in [1.165, 1.54) is 18.9 Å². The number of nitrogen functional groups attached to an aromatic ring is 1. The highest BCUT2D eigenvalue weighted by Gasteiger charge is 2.53. The van der Waals surface area contributed by atoms with Gasteiger partial charge in [-0.15, -0.1) is 11.8 Å². The molecule has 2 amide bonds. The second kappa shape index (κ2) is 8.99. The number of fused-ring (bicyclic) bond motifs is 2. The minimum atomic E-state index is -1.45. The van der Waals surface area contributed by atoms with Crippen LogP contribution in [0.3, 0.4) is 0 Å². The van der Waals surface area contributed by atoms with Crippen molar-refractivity contribution in [2.45, 2.75) is 18.0 Å². The highest BCUT2D eigenvalue weighted by atomic mass is 32.2. The molecule has 1 saturated heterocycles. The molecule has 0 saturated carbocycles. The van der Waals surface area contributed by atoms with Crippen LogP contribution >= 0.6 is 23.1 Å². The van der Waals surface area contributed by atoms with E-state index in [1.54, 1.807) is 11.3 Å². The van der Waals surface area contributed by atoms with Crippen molar-refractivity contribution in [2.75, 3.05) is 18.6 Å². The maximum absolute atomic E-state index is 12.9. The van der Waals surface area contributed by atoms with Crippen LogP contribution in [0.2, 0.25) is 0 Å². The molecule has 1 fully saturated rings. The smallest absolute Gasteiger partial charge is 0.319 e. The topological polar surface area (TPSA) is 180 Å². The number of nitrogens with zero attached hydrogens (tertiary/aromatic N) is 5. The molecule has 2 aliphatic heterocycles. The van der Waals surface area contributed by atoms with Gasteiger partial charge in [-0.1, -0.05) is 10.3 Å². The molecule has 0 spiro atoms. The fraction of sp³-hybridized carbons (Fsp3) is 0.250. The number of aromatic nitrogens is 3. The third kappa shape index (κ3) is 4.08. The van der Waals surface area contributed by atoms with E-state index in [0.717, 1.165) is 15.7 Å². The summed E-state index contributed by atoms with van der Waals surface area (Å²) in [6.45, 7) is 0.277. The third-order valence-electron chi connectivity index (χ3n) is 5.43. The molecule has 15 heteroatoms. The molecular formula is C20H17N7O6S2. The van der Waals surface area contributed by atoms with Crippen molar-refractivity contribution in [3.05, 3.63) is 46.3 Å². The fourth-order valence-corrected chi connectivity index (χ4v) is 5.99. The number of amides is 2. The molecular weight excluding hydrogens is 498 g/mol. The maximum atomic E-state index is 12.9. The number of oxime groups is 1. The van der Waals surface area contributed by atoms with Gasteiger partial charge < -0.3 is 30.3 Å². The van der Waals surface area contributed by atoms with Crippen LogP contribution in [0.4, 0.5) is 6.01 Å². The van der Waals surface area contributed by atoms with Crippen LogP contribution in [0.1, 0.15) is 5.82 Å². The largest absolute Gasteiger partial charge is 0.543 e. The summed E-state index contributed by atoms with van der Waals surface area (Å²) in [5.41, 5.74) is 5.40. The van der Waals surface area contributed by atoms with Crippen LogP contribution in [-0.2, 0) is 25.8 Å². The van der Waals surface area contributed by atoms with Gasteiger partial charge in [-0.05, 0) is 5.38 Å². The summed E-state index contributed by atoms with van der Waals surface area (Å²) in [6, 6.07) is 0.669. The molecule has 5 rings (SSSR count). The molecule has 3 aromatic heterocycles. The van der Waals surface area contributed by atoms with Gasteiger partial charge in [0.15, 0.2) is 18.9 Å². The zero-order chi connectivity index (χ0) is 24.7. The number of β-lactam (4-membered cyclic amide) rings is 1. The maximum Gasteiger partial charge on any atom is 0.319 e. The summed E-state index contributed by atoms with van der Waals surface area (Å²) in [6.07, 6.45) is 3.78. The zero-order valence-electron chi connectivity index (χ0n) is 18.0. The molecule has 0 radical (unpaired) electrons. The molecule has 2 unspecified atom stereocenters. The van der Waals surface area contributed by atoms with Gasteiger partial charge in [0.1, 0.15) is 18.5 Å². The number of thiophene rings is 1. The second-order valence-electron chi connectivity index (χ2n) is 7.58. The number of carboxylic acids is 1. The molecule has 2 aliphatic rings. The van der Waals surface area contributed by atoms with Crippen molar-refractivity contribution in [1.82, 2.24) is 20.4 Å². The monoisotopic (exact) mass is 515 g/mol. The minimum absolute atomic E-state index is 0.182. The fourth-order valence-electron chi connectivity index (χ4n) is 3.88. The Morgan fingerprint density at radius 2 is 2.23 bits per heavy atom. The van der Waals surface area contributed by atoms with E-state index >= 15 is 0 Å². The number of thioether (sulfide) groups is 1. The Hall–Kier alpha value is -3.98. The van der Waals surface area contributed by atoms with Gasteiger partial charge in [0.25, 0.3) is 11.8 Å². The molecule has 3 N–H and O–H groups in total. The molecule has 5 heterocycles. The van der Waals surface area contributed by atoms with Crippen molar-refractivity contribution in [3.63, 3.8) is 0 Å². The Morgan fingerprint density at radius 1 is 1.43 bits per heavy atom. The first-order valence-corrected chi connectivity index (χ1v) is 12.1. The lowest BCUT2D eigenvalue weighted by Gasteiger charge is -2.50. The van der Waals surface area contributed by atoms with Gasteiger partial charge in [0.05, 0.1) is 17.1 Å². The summed E-state index contributed by atoms with van der Waals surface area (Å²) < 4.78 is 6.52. The van der Waals surface area contributed by atoms with Crippen molar-refractivity contribution < 1.29 is 33.4 Å². The van der Waals surface area contributed by atoms with Crippen LogP contribution in [0, 0.1) is 0 Å². The first-order chi connectivity index (χ1) is 16.9. The van der Waals surface area contributed by atoms with E-state index in [-0.39, 0.29) is 29.8 Å². The molecule has 0 aliphatic carbocycles. The standard InChI is InChI=1S/C20H17N7O6S2/c1-32-24-12(15-23-20(21)33-25-15)16(28)22-13-17(29)27-14(19(30)31)11(8-35-18(13)27)5-26-3-2-9-6-34-7-10(9)4-26/h2-4,6-7,13,18H,5,8H2,1H3,(H3-,21,22,23,25,28,30,31)/b24-12+. The Bertz CT molecular complexity index is 1410. The normalized spacial score (nSPS) is 20.0. The highest BCUT2D eigenvalue weighted by molar-refractivity contribution is 8.00. The molecule has 3 aromatic rings. The number of rotatable bonds is 7. The summed E-state index contributed by atoms with van der Waals surface area (Å²) in [7, 11) is 1.22. The van der Waals surface area contributed by atoms with Gasteiger partial charge in [-0.3, -0.25) is 14.5 Å². The lowest BCUT2D eigenvalue weighted by atomic mass is 10.0. The van der Waals surface area contributed by atoms with E-state index in [9.17, 15) is 19.5 Å². The third-order valence-corrected chi connectivity index (χ3v) is 7.55. The summed E-state index contributed by atoms with van der Waals surface area (Å²) in [4.78, 5) is 47.3. The zero-order valence-corrected chi connectivity index (χ0v) is 19.7. The quantitative estimate of drug-likeness (QED) is 0.165. The van der Waals surface area contributed by atoms with Crippen LogP contribution in [0.5, 0.6) is 0 Å². The number of aliphatic carboxylic acids is 1. The van der Waals surface area contributed by atoms with Crippen LogP contribution in [0.25, 0.3) is 10.8 Å². The van der Waals surface area contributed by atoms with Crippen molar-refractivity contribution in [3.8, 4) is 0 Å². The second-order valence-corrected chi connectivity index (χ2v) is 9.43. The van der Waals surface area contributed by atoms with Gasteiger partial charge in [0.2, 0.25) is 11.5 Å². The Balaban J connectivity index is 1.36. The molecule has 180 valence electrons. The summed E-state index contributed by atoms with van der Waals surface area (Å²) in [5.74, 6) is -2.74. The van der Waals surface area contributed by atoms with E-state index < -0.39 is 29.2 Å². The first kappa shape index (κ1) is 22.8. The number of pyridine rings is 1. The van der Waals surface area contributed by atoms with Gasteiger partial charge >= 0.3 is 6.01 Å². The summed E-state index contributed by atoms with van der Waals surface area (Å²) in [5, 5.41) is 27.2. The van der Waals surface area contributed by atoms with E-state index in [0.29, 0.717) is 11.3 Å². The number of hydrogen-bond acceptors (Lipinski definition) is 12. The Labute approximate surface area is 205 Å². The van der Waals surface area contributed by atoms with Gasteiger partial charge in [-0.2, -0.15) is 16.3 Å². The number of carboxylic acid groups (broad SMARTS) is 1. The minimum Gasteiger partial charge on any atom is -0.543 e. The number of nitrogens with two attached hydrogens (primary N) is 1.